The summed E-state index contributed by atoms with van der Waals surface area (Å²) in [5, 5.41) is 3.30. The SMILES string of the molecule is O=S(=O)(c1c(F)cc(F)cc1Br)N1CC2CCCNC2C1. The summed E-state index contributed by atoms with van der Waals surface area (Å²) in [6, 6.07) is 1.69. The Hall–Kier alpha value is -0.570. The molecule has 21 heavy (non-hydrogen) atoms. The molecule has 8 heteroatoms. The summed E-state index contributed by atoms with van der Waals surface area (Å²) >= 11 is 2.96. The third-order valence-corrected chi connectivity index (χ3v) is 6.92. The van der Waals surface area contributed by atoms with Crippen molar-refractivity contribution in [2.24, 2.45) is 5.92 Å². The van der Waals surface area contributed by atoms with E-state index in [9.17, 15) is 17.2 Å². The quantitative estimate of drug-likeness (QED) is 0.854. The van der Waals surface area contributed by atoms with Gasteiger partial charge in [-0.2, -0.15) is 4.31 Å². The van der Waals surface area contributed by atoms with Crippen molar-refractivity contribution >= 4 is 26.0 Å². The summed E-state index contributed by atoms with van der Waals surface area (Å²) < 4.78 is 53.6. The molecule has 4 nitrogen and oxygen atoms in total. The van der Waals surface area contributed by atoms with Gasteiger partial charge in [0.05, 0.1) is 0 Å². The molecule has 0 spiro atoms. The Bertz CT molecular complexity index is 631. The maximum atomic E-state index is 13.9. The van der Waals surface area contributed by atoms with Gasteiger partial charge in [0.15, 0.2) is 0 Å². The Kier molecular flexibility index (Phi) is 4.06. The number of halogens is 3. The number of piperidine rings is 1. The van der Waals surface area contributed by atoms with Crippen molar-refractivity contribution in [1.29, 1.82) is 0 Å². The molecule has 0 saturated carbocycles. The zero-order valence-electron chi connectivity index (χ0n) is 11.2. The molecular formula is C13H15BrF2N2O2S. The van der Waals surface area contributed by atoms with E-state index in [1.165, 1.54) is 4.31 Å². The van der Waals surface area contributed by atoms with Crippen molar-refractivity contribution in [2.75, 3.05) is 19.6 Å². The highest BCUT2D eigenvalue weighted by atomic mass is 79.9. The van der Waals surface area contributed by atoms with E-state index in [0.717, 1.165) is 25.5 Å². The van der Waals surface area contributed by atoms with Crippen molar-refractivity contribution < 1.29 is 17.2 Å². The van der Waals surface area contributed by atoms with Crippen molar-refractivity contribution in [3.63, 3.8) is 0 Å². The average Bonchev–Trinajstić information content (AvgIpc) is 2.81. The van der Waals surface area contributed by atoms with Crippen LogP contribution in [0.2, 0.25) is 0 Å². The monoisotopic (exact) mass is 380 g/mol. The zero-order valence-corrected chi connectivity index (χ0v) is 13.6. The molecule has 2 saturated heterocycles. The molecule has 1 aromatic carbocycles. The second kappa shape index (κ2) is 5.57. The number of fused-ring (bicyclic) bond motifs is 1. The molecule has 0 aliphatic carbocycles. The highest BCUT2D eigenvalue weighted by molar-refractivity contribution is 9.10. The van der Waals surface area contributed by atoms with Crippen molar-refractivity contribution in [2.45, 2.75) is 23.8 Å². The van der Waals surface area contributed by atoms with Crippen LogP contribution >= 0.6 is 15.9 Å². The van der Waals surface area contributed by atoms with Gasteiger partial charge < -0.3 is 5.32 Å². The van der Waals surface area contributed by atoms with Crippen LogP contribution in [0.5, 0.6) is 0 Å². The minimum atomic E-state index is -3.97. The van der Waals surface area contributed by atoms with Gasteiger partial charge in [0.25, 0.3) is 0 Å². The third-order valence-electron chi connectivity index (χ3n) is 4.13. The highest BCUT2D eigenvalue weighted by Gasteiger charge is 2.41. The number of nitrogens with one attached hydrogen (secondary N) is 1. The van der Waals surface area contributed by atoms with Crippen LogP contribution in [0.15, 0.2) is 21.5 Å². The Balaban J connectivity index is 1.95. The predicted octanol–water partition coefficient (Wildman–Crippen LogP) is 2.10. The lowest BCUT2D eigenvalue weighted by Gasteiger charge is -2.24. The van der Waals surface area contributed by atoms with Gasteiger partial charge in [-0.25, -0.2) is 17.2 Å². The molecule has 2 aliphatic heterocycles. The normalized spacial score (nSPS) is 26.8. The summed E-state index contributed by atoms with van der Waals surface area (Å²) in [4.78, 5) is -0.484. The van der Waals surface area contributed by atoms with Gasteiger partial charge in [0.2, 0.25) is 10.0 Å². The zero-order chi connectivity index (χ0) is 15.2. The van der Waals surface area contributed by atoms with E-state index in [2.05, 4.69) is 21.2 Å². The van der Waals surface area contributed by atoms with E-state index in [1.807, 2.05) is 0 Å². The molecule has 2 aliphatic rings. The molecule has 1 N–H and O–H groups in total. The number of hydrogen-bond acceptors (Lipinski definition) is 3. The second-order valence-corrected chi connectivity index (χ2v) is 8.21. The van der Waals surface area contributed by atoms with Gasteiger partial charge in [-0.15, -0.1) is 0 Å². The van der Waals surface area contributed by atoms with Crippen molar-refractivity contribution in [3.05, 3.63) is 28.2 Å². The summed E-state index contributed by atoms with van der Waals surface area (Å²) in [5.74, 6) is -1.62. The summed E-state index contributed by atoms with van der Waals surface area (Å²) in [6.07, 6.45) is 1.99. The Morgan fingerprint density at radius 3 is 2.71 bits per heavy atom. The molecule has 2 unspecified atom stereocenters. The lowest BCUT2D eigenvalue weighted by atomic mass is 9.94. The summed E-state index contributed by atoms with van der Waals surface area (Å²) in [6.45, 7) is 1.59. The fourth-order valence-corrected chi connectivity index (χ4v) is 5.74. The number of hydrogen-bond donors (Lipinski definition) is 1. The first-order valence-corrected chi connectivity index (χ1v) is 9.01. The van der Waals surface area contributed by atoms with E-state index in [4.69, 9.17) is 0 Å². The number of nitrogens with zero attached hydrogens (tertiary/aromatic N) is 1. The fraction of sp³-hybridized carbons (Fsp3) is 0.538. The van der Waals surface area contributed by atoms with Crippen LogP contribution in [0.25, 0.3) is 0 Å². The molecule has 2 atom stereocenters. The molecule has 0 radical (unpaired) electrons. The van der Waals surface area contributed by atoms with Gasteiger partial charge in [-0.1, -0.05) is 0 Å². The third kappa shape index (κ3) is 2.74. The number of sulfonamides is 1. The molecule has 0 aromatic heterocycles. The Labute approximate surface area is 130 Å². The van der Waals surface area contributed by atoms with Crippen LogP contribution in [-0.2, 0) is 10.0 Å². The second-order valence-electron chi connectivity index (χ2n) is 5.48. The Morgan fingerprint density at radius 1 is 1.29 bits per heavy atom. The van der Waals surface area contributed by atoms with Gasteiger partial charge in [-0.3, -0.25) is 0 Å². The van der Waals surface area contributed by atoms with E-state index in [-0.39, 0.29) is 16.4 Å². The predicted molar refractivity (Wildman–Crippen MR) is 77.3 cm³/mol. The maximum absolute atomic E-state index is 13.9. The molecule has 2 heterocycles. The van der Waals surface area contributed by atoms with Crippen LogP contribution in [0.3, 0.4) is 0 Å². The smallest absolute Gasteiger partial charge is 0.247 e. The lowest BCUT2D eigenvalue weighted by Crippen LogP contribution is -2.41. The largest absolute Gasteiger partial charge is 0.312 e. The van der Waals surface area contributed by atoms with Crippen LogP contribution in [0.1, 0.15) is 12.8 Å². The minimum Gasteiger partial charge on any atom is -0.312 e. The van der Waals surface area contributed by atoms with Crippen molar-refractivity contribution in [3.8, 4) is 0 Å². The molecule has 2 fully saturated rings. The first-order valence-electron chi connectivity index (χ1n) is 6.77. The molecule has 116 valence electrons. The lowest BCUT2D eigenvalue weighted by molar-refractivity contribution is 0.339. The van der Waals surface area contributed by atoms with Gasteiger partial charge >= 0.3 is 0 Å². The van der Waals surface area contributed by atoms with Crippen LogP contribution < -0.4 is 5.32 Å². The van der Waals surface area contributed by atoms with Gasteiger partial charge in [0.1, 0.15) is 16.5 Å². The average molecular weight is 381 g/mol. The van der Waals surface area contributed by atoms with Crippen LogP contribution in [0, 0.1) is 17.6 Å². The van der Waals surface area contributed by atoms with E-state index in [0.29, 0.717) is 19.2 Å². The molecule has 0 amide bonds. The Morgan fingerprint density at radius 2 is 2.05 bits per heavy atom. The topological polar surface area (TPSA) is 49.4 Å². The molecular weight excluding hydrogens is 366 g/mol. The first kappa shape index (κ1) is 15.3. The molecule has 3 rings (SSSR count). The first-order chi connectivity index (χ1) is 9.89. The highest BCUT2D eigenvalue weighted by Crippen LogP contribution is 2.33. The van der Waals surface area contributed by atoms with E-state index >= 15 is 0 Å². The van der Waals surface area contributed by atoms with Gasteiger partial charge in [-0.05, 0) is 47.3 Å². The summed E-state index contributed by atoms with van der Waals surface area (Å²) in [5.41, 5.74) is 0. The number of rotatable bonds is 2. The fourth-order valence-electron chi connectivity index (χ4n) is 3.11. The maximum Gasteiger partial charge on any atom is 0.247 e. The molecule has 0 bridgehead atoms. The van der Waals surface area contributed by atoms with E-state index in [1.54, 1.807) is 0 Å². The number of benzene rings is 1. The van der Waals surface area contributed by atoms with Crippen LogP contribution in [0.4, 0.5) is 8.78 Å². The van der Waals surface area contributed by atoms with Gasteiger partial charge in [0, 0.05) is 29.7 Å². The van der Waals surface area contributed by atoms with Crippen molar-refractivity contribution in [1.82, 2.24) is 9.62 Å². The molecule has 1 aromatic rings. The summed E-state index contributed by atoms with van der Waals surface area (Å²) in [7, 11) is -3.97. The minimum absolute atomic E-state index is 0.0807. The van der Waals surface area contributed by atoms with Crippen LogP contribution in [-0.4, -0.2) is 38.4 Å². The standard InChI is InChI=1S/C13H15BrF2N2O2S/c14-10-4-9(15)5-11(16)13(10)21(19,20)18-6-8-2-1-3-17-12(8)7-18/h4-5,8,12,17H,1-3,6-7H2. The van der Waals surface area contributed by atoms with E-state index < -0.39 is 26.6 Å².